The van der Waals surface area contributed by atoms with Crippen LogP contribution in [0.4, 0.5) is 0 Å². The first-order chi connectivity index (χ1) is 6.73. The Morgan fingerprint density at radius 1 is 1.86 bits per heavy atom. The van der Waals surface area contributed by atoms with Crippen LogP contribution in [0.1, 0.15) is 6.42 Å². The zero-order valence-corrected chi connectivity index (χ0v) is 9.98. The fourth-order valence-corrected chi connectivity index (χ4v) is 2.73. The summed E-state index contributed by atoms with van der Waals surface area (Å²) in [5.74, 6) is 2.62. The molecule has 4 heteroatoms. The summed E-state index contributed by atoms with van der Waals surface area (Å²) in [7, 11) is 1.61. The zero-order valence-electron chi connectivity index (χ0n) is 7.83. The van der Waals surface area contributed by atoms with Gasteiger partial charge in [-0.2, -0.15) is 0 Å². The van der Waals surface area contributed by atoms with Gasteiger partial charge in [0.1, 0.15) is 12.4 Å². The van der Waals surface area contributed by atoms with Crippen LogP contribution in [0.5, 0.6) is 0 Å². The summed E-state index contributed by atoms with van der Waals surface area (Å²) in [6.45, 7) is 0.307. The van der Waals surface area contributed by atoms with Crippen molar-refractivity contribution in [3.63, 3.8) is 0 Å². The zero-order chi connectivity index (χ0) is 10.2. The summed E-state index contributed by atoms with van der Waals surface area (Å²) in [5.41, 5.74) is -0.228. The van der Waals surface area contributed by atoms with Crippen molar-refractivity contribution in [1.82, 2.24) is 0 Å². The third-order valence-electron chi connectivity index (χ3n) is 2.49. The van der Waals surface area contributed by atoms with Crippen molar-refractivity contribution in [1.29, 1.82) is 0 Å². The van der Waals surface area contributed by atoms with E-state index in [2.05, 4.69) is 34.6 Å². The van der Waals surface area contributed by atoms with Gasteiger partial charge in [-0.05, 0) is 28.7 Å². The molecule has 3 nitrogen and oxygen atoms in total. The van der Waals surface area contributed by atoms with Crippen LogP contribution in [-0.2, 0) is 14.2 Å². The minimum Gasteiger partial charge on any atom is -0.359 e. The standard InChI is InChI=1S/C10H11IO3/c1-3-9-10(14-9)5-7(4-8(10)11)13-6-12-2/h1,4,7,9H,5-6H2,2H3/t7-,9+,10?/m1/s1. The summed E-state index contributed by atoms with van der Waals surface area (Å²) in [6.07, 6.45) is 8.19. The quantitative estimate of drug-likeness (QED) is 0.342. The Labute approximate surface area is 96.9 Å². The van der Waals surface area contributed by atoms with Gasteiger partial charge in [0.25, 0.3) is 0 Å². The van der Waals surface area contributed by atoms with Gasteiger partial charge in [0.2, 0.25) is 0 Å². The number of terminal acetylenes is 1. The molecule has 2 rings (SSSR count). The van der Waals surface area contributed by atoms with Gasteiger partial charge in [0, 0.05) is 17.1 Å². The van der Waals surface area contributed by atoms with Crippen LogP contribution in [0.3, 0.4) is 0 Å². The van der Waals surface area contributed by atoms with Gasteiger partial charge in [-0.3, -0.25) is 0 Å². The molecule has 3 atom stereocenters. The maximum absolute atomic E-state index is 5.50. The number of ether oxygens (including phenoxy) is 3. The molecule has 0 amide bonds. The molecule has 1 unspecified atom stereocenters. The van der Waals surface area contributed by atoms with E-state index < -0.39 is 0 Å². The first-order valence-corrected chi connectivity index (χ1v) is 5.43. The van der Waals surface area contributed by atoms with Crippen LogP contribution < -0.4 is 0 Å². The van der Waals surface area contributed by atoms with Crippen LogP contribution in [0.15, 0.2) is 9.66 Å². The van der Waals surface area contributed by atoms with Crippen LogP contribution >= 0.6 is 22.6 Å². The molecule has 1 saturated heterocycles. The van der Waals surface area contributed by atoms with Crippen LogP contribution in [0.25, 0.3) is 0 Å². The maximum atomic E-state index is 5.50. The van der Waals surface area contributed by atoms with E-state index in [-0.39, 0.29) is 17.8 Å². The fourth-order valence-electron chi connectivity index (χ4n) is 1.70. The number of rotatable bonds is 3. The van der Waals surface area contributed by atoms with Gasteiger partial charge >= 0.3 is 0 Å². The predicted octanol–water partition coefficient (Wildman–Crippen LogP) is 1.47. The number of hydrogen-bond acceptors (Lipinski definition) is 3. The average molecular weight is 306 g/mol. The van der Waals surface area contributed by atoms with E-state index in [1.807, 2.05) is 0 Å². The van der Waals surface area contributed by atoms with Crippen LogP contribution in [-0.4, -0.2) is 31.7 Å². The van der Waals surface area contributed by atoms with Crippen molar-refractivity contribution in [3.05, 3.63) is 9.66 Å². The number of hydrogen-bond donors (Lipinski definition) is 0. The number of halogens is 1. The lowest BCUT2D eigenvalue weighted by molar-refractivity contribution is -0.0578. The molecule has 1 aliphatic carbocycles. The first-order valence-electron chi connectivity index (χ1n) is 4.35. The summed E-state index contributed by atoms with van der Waals surface area (Å²) >= 11 is 2.26. The minimum absolute atomic E-state index is 0.0678. The maximum Gasteiger partial charge on any atom is 0.152 e. The van der Waals surface area contributed by atoms with Crippen molar-refractivity contribution < 1.29 is 14.2 Å². The van der Waals surface area contributed by atoms with Crippen molar-refractivity contribution in [3.8, 4) is 12.3 Å². The highest BCUT2D eigenvalue weighted by molar-refractivity contribution is 14.1. The van der Waals surface area contributed by atoms with E-state index >= 15 is 0 Å². The van der Waals surface area contributed by atoms with E-state index in [9.17, 15) is 0 Å². The highest BCUT2D eigenvalue weighted by Crippen LogP contribution is 2.53. The fraction of sp³-hybridized carbons (Fsp3) is 0.600. The Kier molecular flexibility index (Phi) is 2.84. The second kappa shape index (κ2) is 3.81. The smallest absolute Gasteiger partial charge is 0.152 e. The summed E-state index contributed by atoms with van der Waals surface area (Å²) in [5, 5.41) is 0. The molecule has 14 heavy (non-hydrogen) atoms. The minimum atomic E-state index is -0.228. The van der Waals surface area contributed by atoms with Crippen LogP contribution in [0, 0.1) is 12.3 Å². The molecule has 76 valence electrons. The molecule has 1 spiro atoms. The SMILES string of the molecule is C#C[C@@H]1OC12C[C@H](OCOC)C=C2I. The van der Waals surface area contributed by atoms with Gasteiger partial charge in [0.05, 0.1) is 6.10 Å². The molecule has 0 aromatic rings. The highest BCUT2D eigenvalue weighted by Gasteiger charge is 2.61. The second-order valence-corrected chi connectivity index (χ2v) is 4.55. The summed E-state index contributed by atoms with van der Waals surface area (Å²) in [6, 6.07) is 0. The molecule has 0 aromatic heterocycles. The van der Waals surface area contributed by atoms with Gasteiger partial charge < -0.3 is 14.2 Å². The molecule has 0 radical (unpaired) electrons. The van der Waals surface area contributed by atoms with E-state index in [1.165, 1.54) is 0 Å². The predicted molar refractivity (Wildman–Crippen MR) is 59.9 cm³/mol. The van der Waals surface area contributed by atoms with Crippen molar-refractivity contribution in [2.75, 3.05) is 13.9 Å². The molecule has 1 fully saturated rings. The first kappa shape index (κ1) is 10.4. The third kappa shape index (κ3) is 1.58. The Morgan fingerprint density at radius 3 is 3.21 bits per heavy atom. The molecule has 1 heterocycles. The highest BCUT2D eigenvalue weighted by atomic mass is 127. The molecule has 0 aromatic carbocycles. The lowest BCUT2D eigenvalue weighted by atomic mass is 10.1. The van der Waals surface area contributed by atoms with Gasteiger partial charge in [-0.25, -0.2) is 0 Å². The second-order valence-electron chi connectivity index (χ2n) is 3.38. The average Bonchev–Trinajstić information content (AvgIpc) is 2.79. The molecule has 0 bridgehead atoms. The molecule has 0 saturated carbocycles. The Morgan fingerprint density at radius 2 is 2.64 bits per heavy atom. The molecular formula is C10H11IO3. The summed E-state index contributed by atoms with van der Waals surface area (Å²) < 4.78 is 16.9. The molecule has 2 aliphatic rings. The summed E-state index contributed by atoms with van der Waals surface area (Å²) in [4.78, 5) is 0. The molecule has 1 aliphatic heterocycles. The van der Waals surface area contributed by atoms with Crippen molar-refractivity contribution in [2.45, 2.75) is 24.2 Å². The van der Waals surface area contributed by atoms with E-state index in [4.69, 9.17) is 20.6 Å². The van der Waals surface area contributed by atoms with E-state index in [1.54, 1.807) is 7.11 Å². The van der Waals surface area contributed by atoms with Gasteiger partial charge in [-0.15, -0.1) is 6.42 Å². The van der Waals surface area contributed by atoms with E-state index in [0.717, 1.165) is 10.0 Å². The monoisotopic (exact) mass is 306 g/mol. The van der Waals surface area contributed by atoms with Crippen molar-refractivity contribution in [2.24, 2.45) is 0 Å². The van der Waals surface area contributed by atoms with Crippen LogP contribution in [0.2, 0.25) is 0 Å². The lowest BCUT2D eigenvalue weighted by Crippen LogP contribution is -2.17. The Balaban J connectivity index is 1.96. The normalized spacial score (nSPS) is 39.6. The van der Waals surface area contributed by atoms with Crippen molar-refractivity contribution >= 4 is 22.6 Å². The largest absolute Gasteiger partial charge is 0.359 e. The third-order valence-corrected chi connectivity index (χ3v) is 3.76. The van der Waals surface area contributed by atoms with Gasteiger partial charge in [-0.1, -0.05) is 5.92 Å². The van der Waals surface area contributed by atoms with Gasteiger partial charge in [0.15, 0.2) is 6.10 Å². The molecule has 0 N–H and O–H groups in total. The lowest BCUT2D eigenvalue weighted by Gasteiger charge is -2.09. The topological polar surface area (TPSA) is 31.0 Å². The molecular weight excluding hydrogens is 295 g/mol. The van der Waals surface area contributed by atoms with E-state index in [0.29, 0.717) is 6.79 Å². The number of epoxide rings is 1. The Hall–Kier alpha value is -0.0900. The number of methoxy groups -OCH3 is 1. The Bertz CT molecular complexity index is 307.